The van der Waals surface area contributed by atoms with Gasteiger partial charge in [-0.15, -0.1) is 0 Å². The fourth-order valence-electron chi connectivity index (χ4n) is 2.84. The lowest BCUT2D eigenvalue weighted by Crippen LogP contribution is -2.68. The van der Waals surface area contributed by atoms with Crippen LogP contribution in [0.4, 0.5) is 0 Å². The number of phenols is 1. The number of aromatic hydroxyl groups is 1. The van der Waals surface area contributed by atoms with Crippen LogP contribution in [0.1, 0.15) is 32.8 Å². The van der Waals surface area contributed by atoms with Crippen molar-refractivity contribution in [3.05, 3.63) is 29.8 Å². The maximum atomic E-state index is 10.7. The van der Waals surface area contributed by atoms with Crippen LogP contribution in [0.2, 0.25) is 0 Å². The van der Waals surface area contributed by atoms with Gasteiger partial charge >= 0.3 is 0 Å². The molecule has 0 aromatic heterocycles. The first kappa shape index (κ1) is 15.3. The molecule has 2 rings (SSSR count). The highest BCUT2D eigenvalue weighted by atomic mass is 16.5. The minimum Gasteiger partial charge on any atom is -0.508 e. The van der Waals surface area contributed by atoms with Gasteiger partial charge in [0, 0.05) is 31.5 Å². The van der Waals surface area contributed by atoms with Crippen LogP contribution in [-0.2, 0) is 11.3 Å². The molecule has 1 aliphatic rings. The van der Waals surface area contributed by atoms with Gasteiger partial charge < -0.3 is 20.3 Å². The maximum absolute atomic E-state index is 10.7. The van der Waals surface area contributed by atoms with Gasteiger partial charge in [-0.05, 0) is 24.6 Å². The predicted molar refractivity (Wildman–Crippen MR) is 78.6 cm³/mol. The fraction of sp³-hybridized carbons (Fsp3) is 0.625. The summed E-state index contributed by atoms with van der Waals surface area (Å²) in [7, 11) is 0. The van der Waals surface area contributed by atoms with Gasteiger partial charge in [-0.25, -0.2) is 0 Å². The number of aliphatic hydroxyl groups is 1. The van der Waals surface area contributed by atoms with Crippen molar-refractivity contribution in [1.82, 2.24) is 5.32 Å². The SMILES string of the molecule is CCOC1CC(O)(CNCc2cccc(O)c2)C1(C)C. The second-order valence-electron chi connectivity index (χ2n) is 6.17. The molecule has 2 atom stereocenters. The van der Waals surface area contributed by atoms with Gasteiger partial charge in [-0.1, -0.05) is 26.0 Å². The summed E-state index contributed by atoms with van der Waals surface area (Å²) in [5.74, 6) is 0.267. The average molecular weight is 279 g/mol. The largest absolute Gasteiger partial charge is 0.508 e. The molecule has 1 fully saturated rings. The summed E-state index contributed by atoms with van der Waals surface area (Å²) in [6.07, 6.45) is 0.793. The van der Waals surface area contributed by atoms with E-state index < -0.39 is 5.60 Å². The summed E-state index contributed by atoms with van der Waals surface area (Å²) in [6.45, 7) is 7.92. The zero-order chi connectivity index (χ0) is 14.8. The second kappa shape index (κ2) is 5.72. The first-order chi connectivity index (χ1) is 9.39. The van der Waals surface area contributed by atoms with Gasteiger partial charge in [0.15, 0.2) is 0 Å². The van der Waals surface area contributed by atoms with Crippen LogP contribution < -0.4 is 5.32 Å². The van der Waals surface area contributed by atoms with Crippen LogP contribution in [0.15, 0.2) is 24.3 Å². The van der Waals surface area contributed by atoms with Crippen LogP contribution in [0, 0.1) is 5.41 Å². The van der Waals surface area contributed by atoms with E-state index in [0.717, 1.165) is 5.56 Å². The first-order valence-electron chi connectivity index (χ1n) is 7.21. The Morgan fingerprint density at radius 1 is 1.40 bits per heavy atom. The highest BCUT2D eigenvalue weighted by Crippen LogP contribution is 2.50. The molecule has 1 aromatic rings. The van der Waals surface area contributed by atoms with E-state index in [2.05, 4.69) is 5.32 Å². The maximum Gasteiger partial charge on any atom is 0.115 e. The predicted octanol–water partition coefficient (Wildman–Crippen LogP) is 2.05. The van der Waals surface area contributed by atoms with Crippen molar-refractivity contribution in [2.75, 3.05) is 13.2 Å². The van der Waals surface area contributed by atoms with Gasteiger partial charge in [0.1, 0.15) is 5.75 Å². The van der Waals surface area contributed by atoms with E-state index in [1.54, 1.807) is 12.1 Å². The number of phenolic OH excluding ortho intramolecular Hbond substituents is 1. The molecule has 4 nitrogen and oxygen atoms in total. The van der Waals surface area contributed by atoms with Crippen LogP contribution >= 0.6 is 0 Å². The van der Waals surface area contributed by atoms with Crippen molar-refractivity contribution in [3.63, 3.8) is 0 Å². The van der Waals surface area contributed by atoms with E-state index in [9.17, 15) is 10.2 Å². The highest BCUT2D eigenvalue weighted by Gasteiger charge is 2.59. The molecule has 20 heavy (non-hydrogen) atoms. The Morgan fingerprint density at radius 3 is 2.75 bits per heavy atom. The Bertz CT molecular complexity index is 461. The van der Waals surface area contributed by atoms with E-state index in [1.165, 1.54) is 0 Å². The summed E-state index contributed by atoms with van der Waals surface area (Å²) in [5.41, 5.74) is 0.0329. The molecule has 0 radical (unpaired) electrons. The van der Waals surface area contributed by atoms with Crippen LogP contribution in [-0.4, -0.2) is 35.1 Å². The zero-order valence-corrected chi connectivity index (χ0v) is 12.5. The molecular formula is C16H25NO3. The van der Waals surface area contributed by atoms with Gasteiger partial charge in [-0.3, -0.25) is 0 Å². The molecule has 1 saturated carbocycles. The second-order valence-corrected chi connectivity index (χ2v) is 6.17. The third-order valence-electron chi connectivity index (χ3n) is 4.55. The normalized spacial score (nSPS) is 28.1. The molecule has 0 spiro atoms. The Morgan fingerprint density at radius 2 is 2.15 bits per heavy atom. The lowest BCUT2D eigenvalue weighted by Gasteiger charge is -2.58. The molecule has 2 unspecified atom stereocenters. The minimum absolute atomic E-state index is 0.125. The summed E-state index contributed by atoms with van der Waals surface area (Å²) in [5, 5.41) is 23.4. The standard InChI is InChI=1S/C16H25NO3/c1-4-20-14-9-16(19,15(14,2)3)11-17-10-12-6-5-7-13(18)8-12/h5-8,14,17-19H,4,9-11H2,1-3H3. The average Bonchev–Trinajstić information content (AvgIpc) is 2.38. The summed E-state index contributed by atoms with van der Waals surface area (Å²) < 4.78 is 5.65. The Balaban J connectivity index is 1.85. The number of hydrogen-bond acceptors (Lipinski definition) is 4. The topological polar surface area (TPSA) is 61.7 Å². The Hall–Kier alpha value is -1.10. The lowest BCUT2D eigenvalue weighted by atomic mass is 9.56. The lowest BCUT2D eigenvalue weighted by molar-refractivity contribution is -0.238. The van der Waals surface area contributed by atoms with Crippen molar-refractivity contribution >= 4 is 0 Å². The Labute approximate surface area is 120 Å². The fourth-order valence-corrected chi connectivity index (χ4v) is 2.84. The van der Waals surface area contributed by atoms with E-state index >= 15 is 0 Å². The van der Waals surface area contributed by atoms with Crippen LogP contribution in [0.5, 0.6) is 5.75 Å². The quantitative estimate of drug-likeness (QED) is 0.746. The van der Waals surface area contributed by atoms with Crippen molar-refractivity contribution < 1.29 is 14.9 Å². The van der Waals surface area contributed by atoms with Gasteiger partial charge in [-0.2, -0.15) is 0 Å². The first-order valence-corrected chi connectivity index (χ1v) is 7.21. The van der Waals surface area contributed by atoms with Crippen LogP contribution in [0.25, 0.3) is 0 Å². The number of rotatable bonds is 6. The molecule has 1 aliphatic carbocycles. The molecule has 3 N–H and O–H groups in total. The van der Waals surface area contributed by atoms with Crippen molar-refractivity contribution in [2.24, 2.45) is 5.41 Å². The van der Waals surface area contributed by atoms with E-state index in [4.69, 9.17) is 4.74 Å². The smallest absolute Gasteiger partial charge is 0.115 e. The molecule has 4 heteroatoms. The summed E-state index contributed by atoms with van der Waals surface area (Å²) in [4.78, 5) is 0. The van der Waals surface area contributed by atoms with Crippen molar-refractivity contribution in [3.8, 4) is 5.75 Å². The monoisotopic (exact) mass is 279 g/mol. The van der Waals surface area contributed by atoms with E-state index in [1.807, 2.05) is 32.9 Å². The molecule has 0 bridgehead atoms. The third kappa shape index (κ3) is 2.82. The third-order valence-corrected chi connectivity index (χ3v) is 4.55. The molecule has 0 heterocycles. The van der Waals surface area contributed by atoms with E-state index in [0.29, 0.717) is 26.1 Å². The van der Waals surface area contributed by atoms with E-state index in [-0.39, 0.29) is 17.3 Å². The van der Waals surface area contributed by atoms with Gasteiger partial charge in [0.2, 0.25) is 0 Å². The van der Waals surface area contributed by atoms with Crippen LogP contribution in [0.3, 0.4) is 0 Å². The molecule has 0 amide bonds. The highest BCUT2D eigenvalue weighted by molar-refractivity contribution is 5.27. The number of benzene rings is 1. The summed E-state index contributed by atoms with van der Waals surface area (Å²) in [6, 6.07) is 7.15. The van der Waals surface area contributed by atoms with Gasteiger partial charge in [0.05, 0.1) is 11.7 Å². The van der Waals surface area contributed by atoms with Crippen molar-refractivity contribution in [2.45, 2.75) is 45.4 Å². The molecule has 1 aromatic carbocycles. The zero-order valence-electron chi connectivity index (χ0n) is 12.5. The molecular weight excluding hydrogens is 254 g/mol. The number of nitrogens with one attached hydrogen (secondary N) is 1. The Kier molecular flexibility index (Phi) is 4.37. The minimum atomic E-state index is -0.732. The van der Waals surface area contributed by atoms with Crippen molar-refractivity contribution in [1.29, 1.82) is 0 Å². The van der Waals surface area contributed by atoms with Gasteiger partial charge in [0.25, 0.3) is 0 Å². The molecule has 0 aliphatic heterocycles. The molecule has 112 valence electrons. The summed E-state index contributed by atoms with van der Waals surface area (Å²) >= 11 is 0. The molecule has 0 saturated heterocycles. The number of ether oxygens (including phenoxy) is 1. The number of hydrogen-bond donors (Lipinski definition) is 3.